The number of aromatic nitrogens is 2. The molecule has 3 heterocycles. The van der Waals surface area contributed by atoms with Gasteiger partial charge in [0.1, 0.15) is 5.02 Å². The summed E-state index contributed by atoms with van der Waals surface area (Å²) in [6.07, 6.45) is 0.126. The van der Waals surface area contributed by atoms with Gasteiger partial charge >= 0.3 is 12.2 Å². The lowest BCUT2D eigenvalue weighted by Gasteiger charge is -2.18. The summed E-state index contributed by atoms with van der Waals surface area (Å²) in [5.74, 6) is 1.37. The molecule has 6 rings (SSSR count). The van der Waals surface area contributed by atoms with Gasteiger partial charge in [0.25, 0.3) is 0 Å². The standard InChI is InChI=1S/C27H28ClN7O2.C2HF3O/c28-22-14-29-26-31-19-3-1-2-16(12-19)4-5-18-13-20(30-24(22)34-26)8-9-23(18)33-27(37)32-21-10-11-35(15-21)25(36)17-6-7-17;3-2(4,5)1-6/h1-3,8-9,12-14,17,21H,4-7,10-11,15H2,(H2,32,33,37)(H2,29,30,31,34);1H/t21-;/m0./s1. The van der Waals surface area contributed by atoms with Crippen molar-refractivity contribution in [3.63, 3.8) is 0 Å². The molecule has 0 unspecified atom stereocenters. The molecule has 6 bridgehead atoms. The number of aryl methyl sites for hydroxylation is 2. The van der Waals surface area contributed by atoms with Gasteiger partial charge in [-0.2, -0.15) is 18.2 Å². The van der Waals surface area contributed by atoms with Crippen molar-refractivity contribution in [3.05, 3.63) is 64.8 Å². The molecule has 2 aromatic carbocycles. The monoisotopic (exact) mass is 615 g/mol. The van der Waals surface area contributed by atoms with Crippen LogP contribution < -0.4 is 21.3 Å². The molecule has 14 heteroatoms. The number of rotatable bonds is 3. The van der Waals surface area contributed by atoms with Gasteiger partial charge in [-0.05, 0) is 73.6 Å². The molecule has 3 aromatic rings. The number of aldehydes is 1. The average molecular weight is 616 g/mol. The van der Waals surface area contributed by atoms with Crippen molar-refractivity contribution in [2.45, 2.75) is 44.3 Å². The van der Waals surface area contributed by atoms with Gasteiger partial charge in [0.05, 0.1) is 6.20 Å². The average Bonchev–Trinajstić information content (AvgIpc) is 3.72. The number of likely N-dealkylation sites (tertiary alicyclic amines) is 1. The maximum Gasteiger partial charge on any atom is 0.446 e. The van der Waals surface area contributed by atoms with Crippen LogP contribution in [0.1, 0.15) is 30.4 Å². The van der Waals surface area contributed by atoms with Crippen molar-refractivity contribution in [2.75, 3.05) is 29.0 Å². The second-order valence-electron chi connectivity index (χ2n) is 10.5. The molecule has 2 fully saturated rings. The van der Waals surface area contributed by atoms with Crippen LogP contribution in [0.25, 0.3) is 0 Å². The van der Waals surface area contributed by atoms with Gasteiger partial charge in [-0.25, -0.2) is 9.78 Å². The zero-order chi connectivity index (χ0) is 30.6. The zero-order valence-electron chi connectivity index (χ0n) is 22.9. The highest BCUT2D eigenvalue weighted by Gasteiger charge is 2.37. The maximum atomic E-state index is 12.9. The minimum Gasteiger partial charge on any atom is -0.340 e. The Morgan fingerprint density at radius 1 is 1.05 bits per heavy atom. The number of fused-ring (bicyclic) bond motifs is 6. The van der Waals surface area contributed by atoms with E-state index < -0.39 is 12.5 Å². The Morgan fingerprint density at radius 2 is 1.81 bits per heavy atom. The van der Waals surface area contributed by atoms with Gasteiger partial charge < -0.3 is 26.2 Å². The Kier molecular flexibility index (Phi) is 9.00. The smallest absolute Gasteiger partial charge is 0.340 e. The second-order valence-corrected chi connectivity index (χ2v) is 10.9. The fourth-order valence-electron chi connectivity index (χ4n) is 4.88. The van der Waals surface area contributed by atoms with E-state index in [1.54, 1.807) is 6.20 Å². The Labute approximate surface area is 250 Å². The first-order chi connectivity index (χ1) is 20.6. The third kappa shape index (κ3) is 8.34. The molecule has 1 saturated carbocycles. The van der Waals surface area contributed by atoms with Crippen LogP contribution in [0.3, 0.4) is 0 Å². The Morgan fingerprint density at radius 3 is 2.56 bits per heavy atom. The predicted octanol–water partition coefficient (Wildman–Crippen LogP) is 5.60. The van der Waals surface area contributed by atoms with Gasteiger partial charge in [0.2, 0.25) is 18.1 Å². The molecule has 4 N–H and O–H groups in total. The van der Waals surface area contributed by atoms with Crippen LogP contribution in [0, 0.1) is 5.92 Å². The number of nitrogens with zero attached hydrogens (tertiary/aromatic N) is 3. The highest BCUT2D eigenvalue weighted by molar-refractivity contribution is 6.32. The van der Waals surface area contributed by atoms with Crippen molar-refractivity contribution in [1.82, 2.24) is 20.2 Å². The number of anilines is 5. The van der Waals surface area contributed by atoms with Crippen LogP contribution in [0.4, 0.5) is 46.8 Å². The summed E-state index contributed by atoms with van der Waals surface area (Å²) in [6.45, 7) is 1.28. The second kappa shape index (κ2) is 12.9. The summed E-state index contributed by atoms with van der Waals surface area (Å²) in [6, 6.07) is 13.6. The Hall–Kier alpha value is -4.39. The van der Waals surface area contributed by atoms with E-state index in [0.29, 0.717) is 29.9 Å². The number of nitrogens with one attached hydrogen (secondary N) is 4. The SMILES string of the molecule is O=C(Nc1ccc2cc1CCc1cccc(c1)Nc1ncc(Cl)c(n1)N2)N[C@H]1CCN(C(=O)C2CC2)C1.O=CC(F)(F)F. The fraction of sp³-hybridized carbons (Fsp3) is 0.345. The topological polar surface area (TPSA) is 128 Å². The Balaban J connectivity index is 0.000000559. The third-order valence-electron chi connectivity index (χ3n) is 7.12. The number of benzene rings is 2. The lowest BCUT2D eigenvalue weighted by atomic mass is 10.0. The predicted molar refractivity (Wildman–Crippen MR) is 156 cm³/mol. The highest BCUT2D eigenvalue weighted by Crippen LogP contribution is 2.32. The van der Waals surface area contributed by atoms with Crippen molar-refractivity contribution < 1.29 is 27.6 Å². The number of carbonyl (C=O) groups excluding carboxylic acids is 3. The van der Waals surface area contributed by atoms with E-state index in [2.05, 4.69) is 43.4 Å². The highest BCUT2D eigenvalue weighted by atomic mass is 35.5. The van der Waals surface area contributed by atoms with Crippen molar-refractivity contribution in [3.8, 4) is 0 Å². The van der Waals surface area contributed by atoms with E-state index in [0.717, 1.165) is 60.3 Å². The minimum atomic E-state index is -4.64. The normalized spacial score (nSPS) is 17.4. The molecule has 1 aromatic heterocycles. The number of halogens is 4. The third-order valence-corrected chi connectivity index (χ3v) is 7.40. The first kappa shape index (κ1) is 30.1. The molecule has 1 atom stereocenters. The number of hydrogen-bond donors (Lipinski definition) is 4. The van der Waals surface area contributed by atoms with Crippen LogP contribution in [0.5, 0.6) is 0 Å². The van der Waals surface area contributed by atoms with Gasteiger partial charge in [-0.15, -0.1) is 0 Å². The molecule has 2 aliphatic heterocycles. The number of urea groups is 1. The van der Waals surface area contributed by atoms with E-state index in [1.165, 1.54) is 0 Å². The largest absolute Gasteiger partial charge is 0.446 e. The fourth-order valence-corrected chi connectivity index (χ4v) is 5.01. The van der Waals surface area contributed by atoms with E-state index in [4.69, 9.17) is 16.4 Å². The van der Waals surface area contributed by atoms with Crippen LogP contribution in [0.2, 0.25) is 5.02 Å². The Bertz CT molecular complexity index is 1520. The first-order valence-corrected chi connectivity index (χ1v) is 14.1. The molecule has 0 radical (unpaired) electrons. The minimum absolute atomic E-state index is 0.0435. The lowest BCUT2D eigenvalue weighted by molar-refractivity contribution is -0.156. The molecule has 10 nitrogen and oxygen atoms in total. The van der Waals surface area contributed by atoms with Crippen LogP contribution in [0.15, 0.2) is 48.7 Å². The molecule has 0 spiro atoms. The maximum absolute atomic E-state index is 12.9. The number of alkyl halides is 3. The molecular formula is C29H29ClF3N7O3. The molecular weight excluding hydrogens is 587 g/mol. The number of hydrogen-bond acceptors (Lipinski definition) is 7. The van der Waals surface area contributed by atoms with E-state index in [1.807, 2.05) is 35.2 Å². The van der Waals surface area contributed by atoms with E-state index in [-0.39, 0.29) is 23.9 Å². The summed E-state index contributed by atoms with van der Waals surface area (Å²) in [4.78, 5) is 44.7. The van der Waals surface area contributed by atoms with Crippen molar-refractivity contribution in [1.29, 1.82) is 0 Å². The quantitative estimate of drug-likeness (QED) is 0.283. The zero-order valence-corrected chi connectivity index (χ0v) is 23.6. The van der Waals surface area contributed by atoms with Gasteiger partial charge in [0.15, 0.2) is 5.82 Å². The van der Waals surface area contributed by atoms with E-state index >= 15 is 0 Å². The molecule has 3 aliphatic rings. The first-order valence-electron chi connectivity index (χ1n) is 13.7. The molecule has 43 heavy (non-hydrogen) atoms. The van der Waals surface area contributed by atoms with Crippen LogP contribution >= 0.6 is 11.6 Å². The summed E-state index contributed by atoms with van der Waals surface area (Å²) in [7, 11) is 0. The van der Waals surface area contributed by atoms with Crippen molar-refractivity contribution >= 4 is 58.7 Å². The number of amides is 3. The lowest BCUT2D eigenvalue weighted by Crippen LogP contribution is -2.41. The van der Waals surface area contributed by atoms with E-state index in [9.17, 15) is 22.8 Å². The van der Waals surface area contributed by atoms with Gasteiger partial charge in [-0.1, -0.05) is 23.7 Å². The molecule has 1 aliphatic carbocycles. The summed E-state index contributed by atoms with van der Waals surface area (Å²) >= 11 is 6.36. The van der Waals surface area contributed by atoms with Crippen molar-refractivity contribution in [2.24, 2.45) is 5.92 Å². The van der Waals surface area contributed by atoms with Crippen LogP contribution in [-0.2, 0) is 22.4 Å². The molecule has 1 saturated heterocycles. The summed E-state index contributed by atoms with van der Waals surface area (Å²) in [5.41, 5.74) is 4.58. The van der Waals surface area contributed by atoms with Gasteiger partial charge in [0, 0.05) is 42.1 Å². The summed E-state index contributed by atoms with van der Waals surface area (Å²) in [5, 5.41) is 13.0. The molecule has 226 valence electrons. The molecule has 3 amide bonds. The van der Waals surface area contributed by atoms with Crippen LogP contribution in [-0.4, -0.2) is 58.4 Å². The summed E-state index contributed by atoms with van der Waals surface area (Å²) < 4.78 is 31.2. The van der Waals surface area contributed by atoms with Gasteiger partial charge in [-0.3, -0.25) is 9.59 Å². The number of carbonyl (C=O) groups is 3.